The SMILES string of the molecule is [NH-]S(=O)(=O)Cc1nc(-c2ccc(F)cc2)oc1-c1ccc(Cl)c(F)c1.[Na+]. The Kier molecular flexibility index (Phi) is 6.60. The second kappa shape index (κ2) is 8.16. The number of benzene rings is 2. The number of nitrogens with one attached hydrogen (secondary N) is 1. The molecule has 0 saturated carbocycles. The molecule has 1 N–H and O–H groups in total. The van der Waals surface area contributed by atoms with Gasteiger partial charge >= 0.3 is 29.6 Å². The predicted octanol–water partition coefficient (Wildman–Crippen LogP) is 1.83. The number of nitrogens with zero attached hydrogens (tertiary/aromatic N) is 1. The van der Waals surface area contributed by atoms with E-state index in [1.54, 1.807) is 0 Å². The van der Waals surface area contributed by atoms with E-state index in [1.807, 2.05) is 0 Å². The van der Waals surface area contributed by atoms with E-state index in [0.29, 0.717) is 5.56 Å². The van der Waals surface area contributed by atoms with E-state index in [4.69, 9.17) is 21.2 Å². The Morgan fingerprint density at radius 3 is 2.27 bits per heavy atom. The molecule has 1 heterocycles. The maximum absolute atomic E-state index is 13.7. The molecule has 0 unspecified atom stereocenters. The van der Waals surface area contributed by atoms with Gasteiger partial charge in [-0.3, -0.25) is 0 Å². The van der Waals surface area contributed by atoms with Crippen LogP contribution < -0.4 is 29.6 Å². The van der Waals surface area contributed by atoms with Gasteiger partial charge in [-0.1, -0.05) is 11.6 Å². The van der Waals surface area contributed by atoms with Crippen molar-refractivity contribution in [3.8, 4) is 22.8 Å². The fourth-order valence-corrected chi connectivity index (χ4v) is 2.88. The van der Waals surface area contributed by atoms with Gasteiger partial charge in [-0.15, -0.1) is 0 Å². The number of hydrogen-bond donors (Lipinski definition) is 0. The zero-order chi connectivity index (χ0) is 18.2. The van der Waals surface area contributed by atoms with Crippen LogP contribution in [-0.2, 0) is 15.8 Å². The summed E-state index contributed by atoms with van der Waals surface area (Å²) in [5.74, 6) is -1.84. The molecular weight excluding hydrogens is 397 g/mol. The van der Waals surface area contributed by atoms with Crippen molar-refractivity contribution in [3.63, 3.8) is 0 Å². The molecule has 0 radical (unpaired) electrons. The summed E-state index contributed by atoms with van der Waals surface area (Å²) in [6.07, 6.45) is 0. The zero-order valence-corrected chi connectivity index (χ0v) is 17.0. The summed E-state index contributed by atoms with van der Waals surface area (Å²) in [4.78, 5) is 4.08. The maximum atomic E-state index is 13.7. The predicted molar refractivity (Wildman–Crippen MR) is 89.2 cm³/mol. The van der Waals surface area contributed by atoms with Crippen molar-refractivity contribution >= 4 is 21.6 Å². The van der Waals surface area contributed by atoms with Gasteiger partial charge in [0.15, 0.2) is 5.76 Å². The van der Waals surface area contributed by atoms with Crippen LogP contribution in [-0.4, -0.2) is 13.4 Å². The second-order valence-corrected chi connectivity index (χ2v) is 7.12. The topological polar surface area (TPSA) is 84.0 Å². The minimum absolute atomic E-state index is 0. The van der Waals surface area contributed by atoms with E-state index in [0.717, 1.165) is 6.07 Å². The molecule has 0 bridgehead atoms. The molecular formula is C16H10ClF2N2NaO3S. The zero-order valence-electron chi connectivity index (χ0n) is 13.5. The summed E-state index contributed by atoms with van der Waals surface area (Å²) < 4.78 is 55.0. The van der Waals surface area contributed by atoms with Crippen LogP contribution >= 0.6 is 11.6 Å². The Balaban J connectivity index is 0.00000243. The fourth-order valence-electron chi connectivity index (χ4n) is 2.21. The van der Waals surface area contributed by atoms with Crippen LogP contribution in [0.5, 0.6) is 0 Å². The number of sulfonamides is 1. The van der Waals surface area contributed by atoms with Crippen molar-refractivity contribution in [2.24, 2.45) is 0 Å². The van der Waals surface area contributed by atoms with Crippen molar-refractivity contribution in [3.05, 3.63) is 70.0 Å². The molecule has 0 fully saturated rings. The number of aromatic nitrogens is 1. The monoisotopic (exact) mass is 406 g/mol. The smallest absolute Gasteiger partial charge is 0.564 e. The van der Waals surface area contributed by atoms with Crippen molar-refractivity contribution in [1.82, 2.24) is 4.98 Å². The Hall–Kier alpha value is -1.29. The van der Waals surface area contributed by atoms with Gasteiger partial charge in [0.1, 0.15) is 17.3 Å². The van der Waals surface area contributed by atoms with Gasteiger partial charge in [0.2, 0.25) is 5.89 Å². The first-order valence-corrected chi connectivity index (χ1v) is 8.94. The van der Waals surface area contributed by atoms with Crippen LogP contribution in [0, 0.1) is 11.6 Å². The molecule has 130 valence electrons. The van der Waals surface area contributed by atoms with Crippen molar-refractivity contribution in [1.29, 1.82) is 0 Å². The molecule has 1 aromatic heterocycles. The molecule has 0 aliphatic carbocycles. The molecule has 0 atom stereocenters. The van der Waals surface area contributed by atoms with Gasteiger partial charge in [0.25, 0.3) is 0 Å². The second-order valence-electron chi connectivity index (χ2n) is 5.19. The Morgan fingerprint density at radius 2 is 1.69 bits per heavy atom. The van der Waals surface area contributed by atoms with Gasteiger partial charge in [-0.2, -0.15) is 0 Å². The minimum Gasteiger partial charge on any atom is -0.564 e. The molecule has 0 saturated heterocycles. The van der Waals surface area contributed by atoms with E-state index in [-0.39, 0.29) is 57.5 Å². The molecule has 3 rings (SSSR count). The first-order valence-electron chi connectivity index (χ1n) is 6.91. The van der Waals surface area contributed by atoms with Gasteiger partial charge in [-0.05, 0) is 42.5 Å². The fraction of sp³-hybridized carbons (Fsp3) is 0.0625. The van der Waals surface area contributed by atoms with Crippen molar-refractivity contribution < 1.29 is 51.2 Å². The van der Waals surface area contributed by atoms with Crippen LogP contribution in [0.1, 0.15) is 5.69 Å². The average molecular weight is 407 g/mol. The molecule has 0 amide bonds. The average Bonchev–Trinajstić information content (AvgIpc) is 2.92. The van der Waals surface area contributed by atoms with E-state index >= 15 is 0 Å². The van der Waals surface area contributed by atoms with E-state index < -0.39 is 27.4 Å². The van der Waals surface area contributed by atoms with Crippen LogP contribution in [0.4, 0.5) is 8.78 Å². The first-order chi connectivity index (χ1) is 11.7. The molecule has 0 spiro atoms. The summed E-state index contributed by atoms with van der Waals surface area (Å²) >= 11 is 5.65. The van der Waals surface area contributed by atoms with Gasteiger partial charge in [0.05, 0.1) is 20.8 Å². The molecule has 0 aliphatic heterocycles. The molecule has 0 aliphatic rings. The number of oxazole rings is 1. The molecule has 5 nitrogen and oxygen atoms in total. The minimum atomic E-state index is -4.15. The van der Waals surface area contributed by atoms with Gasteiger partial charge in [-0.25, -0.2) is 22.2 Å². The maximum Gasteiger partial charge on any atom is 1.00 e. The summed E-state index contributed by atoms with van der Waals surface area (Å²) in [6, 6.07) is 9.03. The van der Waals surface area contributed by atoms with E-state index in [2.05, 4.69) is 4.98 Å². The third kappa shape index (κ3) is 4.91. The first kappa shape index (κ1) is 21.0. The van der Waals surface area contributed by atoms with E-state index in [9.17, 15) is 17.2 Å². The number of halogens is 3. The third-order valence-electron chi connectivity index (χ3n) is 3.30. The van der Waals surface area contributed by atoms with Crippen LogP contribution in [0.25, 0.3) is 27.9 Å². The molecule has 2 aromatic carbocycles. The van der Waals surface area contributed by atoms with E-state index in [1.165, 1.54) is 36.4 Å². The van der Waals surface area contributed by atoms with Crippen LogP contribution in [0.3, 0.4) is 0 Å². The summed E-state index contributed by atoms with van der Waals surface area (Å²) in [5, 5.41) is 6.99. The molecule has 26 heavy (non-hydrogen) atoms. The quantitative estimate of drug-likeness (QED) is 0.619. The summed E-state index contributed by atoms with van der Waals surface area (Å²) in [6.45, 7) is 0. The largest absolute Gasteiger partial charge is 1.00 e. The number of rotatable bonds is 4. The third-order valence-corrected chi connectivity index (χ3v) is 4.26. The Labute approximate surface area is 175 Å². The van der Waals surface area contributed by atoms with Crippen LogP contribution in [0.15, 0.2) is 46.9 Å². The number of hydrogen-bond acceptors (Lipinski definition) is 4. The van der Waals surface area contributed by atoms with Gasteiger partial charge < -0.3 is 9.56 Å². The molecule has 3 aromatic rings. The van der Waals surface area contributed by atoms with Crippen molar-refractivity contribution in [2.75, 3.05) is 0 Å². The Morgan fingerprint density at radius 1 is 1.08 bits per heavy atom. The van der Waals surface area contributed by atoms with Crippen LogP contribution in [0.2, 0.25) is 5.02 Å². The Bertz CT molecular complexity index is 1040. The standard InChI is InChI=1S/C16H10ClF2N2O3S.Na/c17-12-6-3-10(7-13(12)19)15-14(8-25(20,22)23)21-16(24-15)9-1-4-11(18)5-2-9;/h1-7H,8H2,(H-,20,22,23);/q-1;+1. The van der Waals surface area contributed by atoms with Crippen molar-refractivity contribution in [2.45, 2.75) is 5.75 Å². The normalized spacial score (nSPS) is 11.2. The molecule has 10 heteroatoms. The summed E-state index contributed by atoms with van der Waals surface area (Å²) in [7, 11) is -4.15. The van der Waals surface area contributed by atoms with Gasteiger partial charge in [0, 0.05) is 11.1 Å². The summed E-state index contributed by atoms with van der Waals surface area (Å²) in [5.41, 5.74) is 0.586.